The summed E-state index contributed by atoms with van der Waals surface area (Å²) < 4.78 is 0. The van der Waals surface area contributed by atoms with Gasteiger partial charge in [-0.15, -0.1) is 0 Å². The highest BCUT2D eigenvalue weighted by Crippen LogP contribution is 2.30. The predicted octanol–water partition coefficient (Wildman–Crippen LogP) is 2.09. The van der Waals surface area contributed by atoms with Gasteiger partial charge in [0.05, 0.1) is 6.54 Å². The third kappa shape index (κ3) is 5.00. The normalized spacial score (nSPS) is 16.7. The van der Waals surface area contributed by atoms with E-state index < -0.39 is 29.9 Å². The largest absolute Gasteiger partial charge is 0.480 e. The van der Waals surface area contributed by atoms with Gasteiger partial charge in [-0.1, -0.05) is 48.5 Å². The SMILES string of the molecule is O=C(O)C(CCc1ccccc1)NCC(=O)N1c2ccccc2CCC1C(=O)O. The first-order chi connectivity index (χ1) is 14.0. The third-order valence-corrected chi connectivity index (χ3v) is 5.17. The lowest BCUT2D eigenvalue weighted by Gasteiger charge is -2.35. The van der Waals surface area contributed by atoms with Gasteiger partial charge in [0, 0.05) is 5.69 Å². The lowest BCUT2D eigenvalue weighted by Crippen LogP contribution is -2.52. The zero-order valence-electron chi connectivity index (χ0n) is 16.0. The fourth-order valence-electron chi connectivity index (χ4n) is 3.65. The topological polar surface area (TPSA) is 107 Å². The van der Waals surface area contributed by atoms with Crippen molar-refractivity contribution < 1.29 is 24.6 Å². The van der Waals surface area contributed by atoms with E-state index in [1.165, 1.54) is 4.90 Å². The minimum absolute atomic E-state index is 0.246. The fraction of sp³-hybridized carbons (Fsp3) is 0.318. The number of carboxylic acid groups (broad SMARTS) is 2. The maximum Gasteiger partial charge on any atom is 0.326 e. The highest BCUT2D eigenvalue weighted by atomic mass is 16.4. The van der Waals surface area contributed by atoms with Gasteiger partial charge < -0.3 is 10.2 Å². The van der Waals surface area contributed by atoms with Crippen molar-refractivity contribution in [1.29, 1.82) is 0 Å². The average molecular weight is 396 g/mol. The number of benzene rings is 2. The van der Waals surface area contributed by atoms with Crippen LogP contribution in [0.2, 0.25) is 0 Å². The maximum atomic E-state index is 12.9. The van der Waals surface area contributed by atoms with E-state index in [4.69, 9.17) is 0 Å². The number of aliphatic carboxylic acids is 2. The molecule has 0 fully saturated rings. The van der Waals surface area contributed by atoms with Gasteiger partial charge in [-0.2, -0.15) is 0 Å². The van der Waals surface area contributed by atoms with E-state index >= 15 is 0 Å². The zero-order chi connectivity index (χ0) is 20.8. The summed E-state index contributed by atoms with van der Waals surface area (Å²) in [7, 11) is 0. The van der Waals surface area contributed by atoms with Crippen LogP contribution in [0.1, 0.15) is 24.0 Å². The molecule has 0 radical (unpaired) electrons. The molecule has 3 rings (SSSR count). The van der Waals surface area contributed by atoms with Crippen LogP contribution in [-0.4, -0.2) is 46.7 Å². The quantitative estimate of drug-likeness (QED) is 0.631. The molecule has 2 unspecified atom stereocenters. The molecule has 1 heterocycles. The van der Waals surface area contributed by atoms with Gasteiger partial charge in [0.15, 0.2) is 0 Å². The van der Waals surface area contributed by atoms with Crippen molar-refractivity contribution in [3.8, 4) is 0 Å². The zero-order valence-corrected chi connectivity index (χ0v) is 16.0. The molecule has 152 valence electrons. The van der Waals surface area contributed by atoms with E-state index in [2.05, 4.69) is 5.32 Å². The first-order valence-corrected chi connectivity index (χ1v) is 9.60. The van der Waals surface area contributed by atoms with Gasteiger partial charge in [-0.05, 0) is 42.9 Å². The Morgan fingerprint density at radius 3 is 2.41 bits per heavy atom. The van der Waals surface area contributed by atoms with Crippen LogP contribution in [0.4, 0.5) is 5.69 Å². The standard InChI is InChI=1S/C22H24N2O5/c25-20(14-23-17(21(26)27)12-10-15-6-2-1-3-7-15)24-18-9-5-4-8-16(18)11-13-19(24)22(28)29/h1-9,17,19,23H,10-14H2,(H,26,27)(H,28,29). The van der Waals surface area contributed by atoms with Crippen LogP contribution in [-0.2, 0) is 27.2 Å². The Bertz CT molecular complexity index is 884. The first kappa shape index (κ1) is 20.5. The van der Waals surface area contributed by atoms with Crippen molar-refractivity contribution in [1.82, 2.24) is 5.32 Å². The van der Waals surface area contributed by atoms with Crippen LogP contribution >= 0.6 is 0 Å². The number of amides is 1. The van der Waals surface area contributed by atoms with Gasteiger partial charge in [0.2, 0.25) is 5.91 Å². The predicted molar refractivity (Wildman–Crippen MR) is 108 cm³/mol. The summed E-state index contributed by atoms with van der Waals surface area (Å²) in [5.41, 5.74) is 2.51. The number of nitrogens with zero attached hydrogens (tertiary/aromatic N) is 1. The molecule has 2 atom stereocenters. The Morgan fingerprint density at radius 2 is 1.72 bits per heavy atom. The van der Waals surface area contributed by atoms with E-state index in [1.54, 1.807) is 12.1 Å². The second kappa shape index (κ2) is 9.34. The average Bonchev–Trinajstić information content (AvgIpc) is 2.73. The highest BCUT2D eigenvalue weighted by molar-refractivity contribution is 6.01. The molecule has 0 saturated heterocycles. The number of carbonyl (C=O) groups is 3. The van der Waals surface area contributed by atoms with Crippen molar-refractivity contribution in [3.63, 3.8) is 0 Å². The summed E-state index contributed by atoms with van der Waals surface area (Å²) in [5.74, 6) is -2.55. The molecule has 1 amide bonds. The van der Waals surface area contributed by atoms with Gasteiger partial charge in [0.1, 0.15) is 12.1 Å². The van der Waals surface area contributed by atoms with Crippen LogP contribution < -0.4 is 10.2 Å². The van der Waals surface area contributed by atoms with Crippen LogP contribution in [0.3, 0.4) is 0 Å². The number of nitrogens with one attached hydrogen (secondary N) is 1. The number of carboxylic acids is 2. The summed E-state index contributed by atoms with van der Waals surface area (Å²) >= 11 is 0. The second-order valence-corrected chi connectivity index (χ2v) is 7.08. The van der Waals surface area contributed by atoms with Gasteiger partial charge in [0.25, 0.3) is 0 Å². The molecule has 0 aliphatic carbocycles. The lowest BCUT2D eigenvalue weighted by molar-refractivity contribution is -0.141. The number of para-hydroxylation sites is 1. The smallest absolute Gasteiger partial charge is 0.326 e. The van der Waals surface area contributed by atoms with Gasteiger partial charge in [-0.3, -0.25) is 19.8 Å². The van der Waals surface area contributed by atoms with Crippen molar-refractivity contribution >= 4 is 23.5 Å². The molecule has 0 spiro atoms. The first-order valence-electron chi connectivity index (χ1n) is 9.60. The summed E-state index contributed by atoms with van der Waals surface area (Å²) in [4.78, 5) is 37.4. The van der Waals surface area contributed by atoms with Crippen LogP contribution in [0, 0.1) is 0 Å². The molecule has 7 nitrogen and oxygen atoms in total. The Hall–Kier alpha value is -3.19. The molecule has 2 aromatic rings. The fourth-order valence-corrected chi connectivity index (χ4v) is 3.65. The van der Waals surface area contributed by atoms with Crippen LogP contribution in [0.25, 0.3) is 0 Å². The Balaban J connectivity index is 1.68. The van der Waals surface area contributed by atoms with E-state index in [1.807, 2.05) is 42.5 Å². The number of carbonyl (C=O) groups excluding carboxylic acids is 1. The van der Waals surface area contributed by atoms with Crippen LogP contribution in [0.15, 0.2) is 54.6 Å². The minimum Gasteiger partial charge on any atom is -0.480 e. The number of hydrogen-bond acceptors (Lipinski definition) is 4. The second-order valence-electron chi connectivity index (χ2n) is 7.08. The van der Waals surface area contributed by atoms with E-state index in [0.29, 0.717) is 31.4 Å². The number of rotatable bonds is 8. The molecule has 1 aliphatic rings. The molecule has 1 aliphatic heterocycles. The lowest BCUT2D eigenvalue weighted by atomic mass is 9.95. The monoisotopic (exact) mass is 396 g/mol. The third-order valence-electron chi connectivity index (χ3n) is 5.17. The van der Waals surface area contributed by atoms with Crippen molar-refractivity contribution in [2.24, 2.45) is 0 Å². The summed E-state index contributed by atoms with van der Waals surface area (Å²) in [5, 5.41) is 21.8. The number of anilines is 1. The molecule has 7 heteroatoms. The number of aryl methyl sites for hydroxylation is 2. The Labute approximate surface area is 169 Å². The van der Waals surface area contributed by atoms with E-state index in [9.17, 15) is 24.6 Å². The van der Waals surface area contributed by atoms with Gasteiger partial charge >= 0.3 is 11.9 Å². The summed E-state index contributed by atoms with van der Waals surface area (Å²) in [6.45, 7) is -0.246. The van der Waals surface area contributed by atoms with Crippen molar-refractivity contribution in [2.45, 2.75) is 37.8 Å². The molecular formula is C22H24N2O5. The van der Waals surface area contributed by atoms with Crippen LogP contribution in [0.5, 0.6) is 0 Å². The van der Waals surface area contributed by atoms with E-state index in [-0.39, 0.29) is 6.54 Å². The van der Waals surface area contributed by atoms with Gasteiger partial charge in [-0.25, -0.2) is 4.79 Å². The van der Waals surface area contributed by atoms with Crippen molar-refractivity contribution in [3.05, 3.63) is 65.7 Å². The molecule has 3 N–H and O–H groups in total. The van der Waals surface area contributed by atoms with E-state index in [0.717, 1.165) is 11.1 Å². The molecule has 2 aromatic carbocycles. The molecule has 0 aromatic heterocycles. The minimum atomic E-state index is -1.06. The summed E-state index contributed by atoms with van der Waals surface area (Å²) in [6.07, 6.45) is 1.79. The molecule has 0 bridgehead atoms. The Kier molecular flexibility index (Phi) is 6.61. The van der Waals surface area contributed by atoms with Crippen molar-refractivity contribution in [2.75, 3.05) is 11.4 Å². The highest BCUT2D eigenvalue weighted by Gasteiger charge is 2.35. The number of hydrogen-bond donors (Lipinski definition) is 3. The Morgan fingerprint density at radius 1 is 1.03 bits per heavy atom. The molecule has 29 heavy (non-hydrogen) atoms. The summed E-state index contributed by atoms with van der Waals surface area (Å²) in [6, 6.07) is 14.9. The number of fused-ring (bicyclic) bond motifs is 1. The molecule has 0 saturated carbocycles. The maximum absolute atomic E-state index is 12.9. The molecular weight excluding hydrogens is 372 g/mol.